The molecule has 1 atom stereocenters. The molecular formula is C14H20ClFN2S. The van der Waals surface area contributed by atoms with Crippen molar-refractivity contribution in [2.45, 2.75) is 13.0 Å². The van der Waals surface area contributed by atoms with Crippen LogP contribution in [0.3, 0.4) is 0 Å². The Balaban J connectivity index is 1.76. The Kier molecular flexibility index (Phi) is 5.95. The van der Waals surface area contributed by atoms with E-state index in [9.17, 15) is 4.39 Å². The van der Waals surface area contributed by atoms with Crippen LogP contribution in [0, 0.1) is 5.82 Å². The molecule has 0 aliphatic carbocycles. The molecule has 1 fully saturated rings. The minimum absolute atomic E-state index is 0.144. The topological polar surface area (TPSA) is 15.3 Å². The molecule has 0 aromatic heterocycles. The summed E-state index contributed by atoms with van der Waals surface area (Å²) in [6.07, 6.45) is 0. The normalized spacial score (nSPS) is 18.5. The van der Waals surface area contributed by atoms with Crippen LogP contribution in [0.25, 0.3) is 0 Å². The summed E-state index contributed by atoms with van der Waals surface area (Å²) in [6, 6.07) is 5.15. The molecule has 0 amide bonds. The van der Waals surface area contributed by atoms with Crippen molar-refractivity contribution in [3.8, 4) is 0 Å². The average Bonchev–Trinajstić information content (AvgIpc) is 2.43. The average molecular weight is 303 g/mol. The molecule has 1 N–H and O–H groups in total. The second kappa shape index (κ2) is 7.48. The molecule has 106 valence electrons. The molecule has 1 aromatic rings. The van der Waals surface area contributed by atoms with E-state index in [1.165, 1.54) is 30.7 Å². The third kappa shape index (κ3) is 4.63. The van der Waals surface area contributed by atoms with E-state index in [4.69, 9.17) is 11.6 Å². The molecule has 1 heterocycles. The molecule has 1 aliphatic heterocycles. The van der Waals surface area contributed by atoms with Crippen LogP contribution >= 0.6 is 23.4 Å². The van der Waals surface area contributed by atoms with Gasteiger partial charge in [-0.3, -0.25) is 0 Å². The maximum absolute atomic E-state index is 13.4. The highest BCUT2D eigenvalue weighted by atomic mass is 35.5. The van der Waals surface area contributed by atoms with Crippen molar-refractivity contribution in [2.24, 2.45) is 0 Å². The number of benzene rings is 1. The molecular weight excluding hydrogens is 283 g/mol. The molecule has 0 bridgehead atoms. The smallest absolute Gasteiger partial charge is 0.142 e. The maximum atomic E-state index is 13.4. The monoisotopic (exact) mass is 302 g/mol. The molecule has 2 rings (SSSR count). The number of thioether (sulfide) groups is 1. The molecule has 0 spiro atoms. The van der Waals surface area contributed by atoms with Crippen molar-refractivity contribution in [2.75, 3.05) is 37.7 Å². The highest BCUT2D eigenvalue weighted by molar-refractivity contribution is 7.99. The summed E-state index contributed by atoms with van der Waals surface area (Å²) >= 11 is 7.71. The number of nitrogens with zero attached hydrogens (tertiary/aromatic N) is 1. The van der Waals surface area contributed by atoms with Crippen molar-refractivity contribution in [3.63, 3.8) is 0 Å². The van der Waals surface area contributed by atoms with E-state index in [1.807, 2.05) is 17.8 Å². The molecule has 1 saturated heterocycles. The van der Waals surface area contributed by atoms with Gasteiger partial charge in [-0.2, -0.15) is 11.8 Å². The van der Waals surface area contributed by atoms with Crippen molar-refractivity contribution in [1.82, 2.24) is 10.2 Å². The molecule has 1 unspecified atom stereocenters. The van der Waals surface area contributed by atoms with Gasteiger partial charge >= 0.3 is 0 Å². The third-order valence-corrected chi connectivity index (χ3v) is 4.67. The van der Waals surface area contributed by atoms with E-state index in [2.05, 4.69) is 17.1 Å². The van der Waals surface area contributed by atoms with Gasteiger partial charge < -0.3 is 10.2 Å². The fraction of sp³-hybridized carbons (Fsp3) is 0.571. The van der Waals surface area contributed by atoms with Gasteiger partial charge in [0.2, 0.25) is 0 Å². The first-order valence-electron chi connectivity index (χ1n) is 6.65. The molecule has 1 aliphatic rings. The third-order valence-electron chi connectivity index (χ3n) is 3.43. The van der Waals surface area contributed by atoms with Gasteiger partial charge in [0.1, 0.15) is 5.82 Å². The fourth-order valence-electron chi connectivity index (χ4n) is 2.16. The molecule has 19 heavy (non-hydrogen) atoms. The van der Waals surface area contributed by atoms with Crippen molar-refractivity contribution in [1.29, 1.82) is 0 Å². The summed E-state index contributed by atoms with van der Waals surface area (Å²) in [7, 11) is 0. The summed E-state index contributed by atoms with van der Waals surface area (Å²) in [6.45, 7) is 6.39. The zero-order valence-electron chi connectivity index (χ0n) is 11.2. The first kappa shape index (κ1) is 15.1. The number of hydrogen-bond donors (Lipinski definition) is 1. The second-order valence-electron chi connectivity index (χ2n) is 4.80. The van der Waals surface area contributed by atoms with E-state index < -0.39 is 0 Å². The van der Waals surface area contributed by atoms with Gasteiger partial charge in [0.15, 0.2) is 0 Å². The first-order valence-corrected chi connectivity index (χ1v) is 8.18. The van der Waals surface area contributed by atoms with Crippen LogP contribution in [-0.2, 0) is 0 Å². The number of nitrogens with one attached hydrogen (secondary N) is 1. The van der Waals surface area contributed by atoms with Crippen LogP contribution in [0.5, 0.6) is 0 Å². The van der Waals surface area contributed by atoms with Crippen LogP contribution in [-0.4, -0.2) is 42.6 Å². The van der Waals surface area contributed by atoms with Crippen LogP contribution in [0.4, 0.5) is 4.39 Å². The summed E-state index contributed by atoms with van der Waals surface area (Å²) in [5.74, 6) is 2.12. The van der Waals surface area contributed by atoms with Crippen molar-refractivity contribution < 1.29 is 4.39 Å². The Morgan fingerprint density at radius 2 is 2.16 bits per heavy atom. The van der Waals surface area contributed by atoms with Crippen molar-refractivity contribution in [3.05, 3.63) is 34.6 Å². The summed E-state index contributed by atoms with van der Waals surface area (Å²) in [5, 5.41) is 3.62. The highest BCUT2D eigenvalue weighted by Gasteiger charge is 2.11. The van der Waals surface area contributed by atoms with Crippen LogP contribution < -0.4 is 5.32 Å². The summed E-state index contributed by atoms with van der Waals surface area (Å²) in [5.41, 5.74) is 0.941. The lowest BCUT2D eigenvalue weighted by atomic mass is 10.1. The Hall–Kier alpha value is -0.290. The van der Waals surface area contributed by atoms with E-state index >= 15 is 0 Å². The number of rotatable bonds is 5. The summed E-state index contributed by atoms with van der Waals surface area (Å²) < 4.78 is 13.4. The predicted molar refractivity (Wildman–Crippen MR) is 81.6 cm³/mol. The maximum Gasteiger partial charge on any atom is 0.142 e. The Morgan fingerprint density at radius 1 is 1.42 bits per heavy atom. The van der Waals surface area contributed by atoms with Gasteiger partial charge in [-0.1, -0.05) is 17.7 Å². The van der Waals surface area contributed by atoms with Gasteiger partial charge in [0.25, 0.3) is 0 Å². The lowest BCUT2D eigenvalue weighted by molar-refractivity contribution is 0.296. The molecule has 0 radical (unpaired) electrons. The predicted octanol–water partition coefficient (Wildman–Crippen LogP) is 3.18. The Labute approximate surface area is 123 Å². The van der Waals surface area contributed by atoms with Crippen LogP contribution in [0.2, 0.25) is 5.02 Å². The molecule has 2 nitrogen and oxygen atoms in total. The number of hydrogen-bond acceptors (Lipinski definition) is 3. The zero-order valence-corrected chi connectivity index (χ0v) is 12.7. The molecule has 0 saturated carbocycles. The van der Waals surface area contributed by atoms with Gasteiger partial charge in [0, 0.05) is 43.7 Å². The molecule has 5 heteroatoms. The Bertz CT molecular complexity index is 410. The van der Waals surface area contributed by atoms with Crippen LogP contribution in [0.15, 0.2) is 18.2 Å². The largest absolute Gasteiger partial charge is 0.309 e. The lowest BCUT2D eigenvalue weighted by Gasteiger charge is -2.26. The highest BCUT2D eigenvalue weighted by Crippen LogP contribution is 2.19. The number of halogens is 2. The SMILES string of the molecule is CC(NCCN1CCSCC1)c1ccc(Cl)c(F)c1. The second-order valence-corrected chi connectivity index (χ2v) is 6.44. The standard InChI is InChI=1S/C14H20ClFN2S/c1-11(12-2-3-13(15)14(16)10-12)17-4-5-18-6-8-19-9-7-18/h2-3,10-11,17H,4-9H2,1H3. The van der Waals surface area contributed by atoms with Crippen LogP contribution in [0.1, 0.15) is 18.5 Å². The summed E-state index contributed by atoms with van der Waals surface area (Å²) in [4.78, 5) is 2.47. The van der Waals surface area contributed by atoms with E-state index in [-0.39, 0.29) is 16.9 Å². The van der Waals surface area contributed by atoms with Crippen molar-refractivity contribution >= 4 is 23.4 Å². The van der Waals surface area contributed by atoms with E-state index in [0.717, 1.165) is 18.7 Å². The fourth-order valence-corrected chi connectivity index (χ4v) is 3.26. The van der Waals surface area contributed by atoms with E-state index in [1.54, 1.807) is 6.07 Å². The quantitative estimate of drug-likeness (QED) is 0.899. The van der Waals surface area contributed by atoms with Gasteiger partial charge in [0.05, 0.1) is 5.02 Å². The zero-order chi connectivity index (χ0) is 13.7. The van der Waals surface area contributed by atoms with Gasteiger partial charge in [-0.25, -0.2) is 4.39 Å². The lowest BCUT2D eigenvalue weighted by Crippen LogP contribution is -2.38. The van der Waals surface area contributed by atoms with E-state index in [0.29, 0.717) is 0 Å². The van der Waals surface area contributed by atoms with Gasteiger partial charge in [-0.05, 0) is 24.6 Å². The molecule has 1 aromatic carbocycles. The Morgan fingerprint density at radius 3 is 2.84 bits per heavy atom. The van der Waals surface area contributed by atoms with Gasteiger partial charge in [-0.15, -0.1) is 0 Å². The minimum Gasteiger partial charge on any atom is -0.309 e. The first-order chi connectivity index (χ1) is 9.16. The minimum atomic E-state index is -0.346.